The summed E-state index contributed by atoms with van der Waals surface area (Å²) in [4.78, 5) is 26.1. The van der Waals surface area contributed by atoms with E-state index in [0.29, 0.717) is 16.1 Å². The summed E-state index contributed by atoms with van der Waals surface area (Å²) in [5.74, 6) is -0.918. The number of nitro benzene ring substituents is 1. The van der Waals surface area contributed by atoms with Crippen LogP contribution in [-0.2, 0) is 0 Å². The van der Waals surface area contributed by atoms with Gasteiger partial charge in [0.2, 0.25) is 0 Å². The van der Waals surface area contributed by atoms with Crippen LogP contribution in [0.3, 0.4) is 0 Å². The number of nitrogens with one attached hydrogen (secondary N) is 1. The molecule has 9 nitrogen and oxygen atoms in total. The number of aryl methyl sites for hydroxylation is 1. The van der Waals surface area contributed by atoms with Gasteiger partial charge in [-0.05, 0) is 19.1 Å². The molecule has 2 rings (SSSR count). The number of nitro groups is 1. The minimum absolute atomic E-state index is 0.279. The number of carbonyl (C=O) groups is 1. The van der Waals surface area contributed by atoms with Gasteiger partial charge in [-0.15, -0.1) is 0 Å². The molecule has 0 radical (unpaired) electrons. The molecule has 0 unspecified atom stereocenters. The molecule has 0 aliphatic rings. The Balaban J connectivity index is 2.10. The fraction of sp³-hybridized carbons (Fsp3) is 0.0833. The summed E-state index contributed by atoms with van der Waals surface area (Å²) in [7, 11) is 0. The average Bonchev–Trinajstić information content (AvgIpc) is 2.79. The average molecular weight is 321 g/mol. The second-order valence-corrected chi connectivity index (χ2v) is 5.20. The zero-order valence-electron chi connectivity index (χ0n) is 11.3. The van der Waals surface area contributed by atoms with Crippen molar-refractivity contribution in [2.45, 2.75) is 6.92 Å². The summed E-state index contributed by atoms with van der Waals surface area (Å²) in [5.41, 5.74) is 8.18. The number of thiazole rings is 1. The Morgan fingerprint density at radius 2 is 2.32 bits per heavy atom. The monoisotopic (exact) mass is 321 g/mol. The summed E-state index contributed by atoms with van der Waals surface area (Å²) in [6.45, 7) is 1.65. The molecule has 0 bridgehead atoms. The van der Waals surface area contributed by atoms with Gasteiger partial charge >= 0.3 is 5.69 Å². The van der Waals surface area contributed by atoms with Crippen molar-refractivity contribution in [3.63, 3.8) is 0 Å². The number of benzene rings is 1. The van der Waals surface area contributed by atoms with Crippen molar-refractivity contribution in [1.29, 1.82) is 0 Å². The van der Waals surface area contributed by atoms with Crippen LogP contribution in [0.2, 0.25) is 0 Å². The van der Waals surface area contributed by atoms with E-state index in [4.69, 9.17) is 5.73 Å². The third kappa shape index (κ3) is 3.35. The van der Waals surface area contributed by atoms with Crippen LogP contribution in [0, 0.1) is 17.0 Å². The Labute approximate surface area is 128 Å². The number of nitrogens with zero attached hydrogens (tertiary/aromatic N) is 3. The lowest BCUT2D eigenvalue weighted by Crippen LogP contribution is -2.17. The highest BCUT2D eigenvalue weighted by Crippen LogP contribution is 2.25. The number of aromatic hydroxyl groups is 1. The van der Waals surface area contributed by atoms with Gasteiger partial charge in [0.25, 0.3) is 5.91 Å². The van der Waals surface area contributed by atoms with Crippen molar-refractivity contribution in [2.24, 2.45) is 5.10 Å². The first kappa shape index (κ1) is 15.4. The number of hydrazone groups is 1. The molecule has 1 aromatic carbocycles. The number of hydrogen-bond acceptors (Lipinski definition) is 8. The summed E-state index contributed by atoms with van der Waals surface area (Å²) in [6, 6.07) is 3.74. The standard InChI is InChI=1S/C12H11N5O4S/c1-6-10(22-12(13)15-6)11(19)16-14-5-7-2-3-9(18)8(4-7)17(20)21/h2-5,18H,1H3,(H2,13,15)(H,16,19). The quantitative estimate of drug-likeness (QED) is 0.441. The molecular formula is C12H11N5O4S. The van der Waals surface area contributed by atoms with Crippen LogP contribution in [0.4, 0.5) is 10.8 Å². The van der Waals surface area contributed by atoms with Gasteiger partial charge in [0.15, 0.2) is 10.9 Å². The van der Waals surface area contributed by atoms with Gasteiger partial charge in [0.05, 0.1) is 16.8 Å². The lowest BCUT2D eigenvalue weighted by molar-refractivity contribution is -0.385. The molecule has 0 fully saturated rings. The summed E-state index contributed by atoms with van der Waals surface area (Å²) >= 11 is 1.04. The first-order valence-electron chi connectivity index (χ1n) is 5.92. The molecule has 4 N–H and O–H groups in total. The second kappa shape index (κ2) is 6.18. The van der Waals surface area contributed by atoms with Crippen molar-refractivity contribution in [2.75, 3.05) is 5.73 Å². The zero-order chi connectivity index (χ0) is 16.3. The lowest BCUT2D eigenvalue weighted by atomic mass is 10.2. The molecule has 0 saturated heterocycles. The topological polar surface area (TPSA) is 144 Å². The highest BCUT2D eigenvalue weighted by Gasteiger charge is 2.14. The van der Waals surface area contributed by atoms with E-state index >= 15 is 0 Å². The minimum atomic E-state index is -0.714. The van der Waals surface area contributed by atoms with Crippen LogP contribution in [0.5, 0.6) is 5.75 Å². The molecule has 2 aromatic rings. The van der Waals surface area contributed by atoms with Gasteiger partial charge in [-0.25, -0.2) is 10.4 Å². The van der Waals surface area contributed by atoms with Crippen LogP contribution < -0.4 is 11.2 Å². The van der Waals surface area contributed by atoms with E-state index in [9.17, 15) is 20.0 Å². The molecule has 0 saturated carbocycles. The summed E-state index contributed by atoms with van der Waals surface area (Å²) < 4.78 is 0. The van der Waals surface area contributed by atoms with Gasteiger partial charge in [0, 0.05) is 11.6 Å². The van der Waals surface area contributed by atoms with Gasteiger partial charge in [-0.3, -0.25) is 14.9 Å². The Morgan fingerprint density at radius 1 is 1.59 bits per heavy atom. The van der Waals surface area contributed by atoms with Crippen LogP contribution in [-0.4, -0.2) is 27.1 Å². The number of hydrogen-bond donors (Lipinski definition) is 3. The molecule has 10 heteroatoms. The number of carbonyl (C=O) groups excluding carboxylic acids is 1. The van der Waals surface area contributed by atoms with Gasteiger partial charge in [-0.2, -0.15) is 5.10 Å². The third-order valence-electron chi connectivity index (χ3n) is 2.60. The second-order valence-electron chi connectivity index (χ2n) is 4.17. The minimum Gasteiger partial charge on any atom is -0.502 e. The van der Waals surface area contributed by atoms with E-state index in [1.807, 2.05) is 0 Å². The van der Waals surface area contributed by atoms with Crippen molar-refractivity contribution in [1.82, 2.24) is 10.4 Å². The largest absolute Gasteiger partial charge is 0.502 e. The molecule has 0 aliphatic heterocycles. The smallest absolute Gasteiger partial charge is 0.311 e. The molecule has 1 aromatic heterocycles. The number of rotatable bonds is 4. The Morgan fingerprint density at radius 3 is 2.91 bits per heavy atom. The number of phenols is 1. The molecule has 0 aliphatic carbocycles. The van der Waals surface area contributed by atoms with Crippen LogP contribution in [0.25, 0.3) is 0 Å². The van der Waals surface area contributed by atoms with Gasteiger partial charge in [0.1, 0.15) is 4.88 Å². The maximum atomic E-state index is 11.8. The molecule has 1 heterocycles. The number of anilines is 1. The SMILES string of the molecule is Cc1nc(N)sc1C(=O)NN=Cc1ccc(O)c([N+](=O)[O-])c1. The first-order valence-corrected chi connectivity index (χ1v) is 6.74. The third-order valence-corrected chi connectivity index (χ3v) is 3.58. The van der Waals surface area contributed by atoms with Crippen molar-refractivity contribution in [3.05, 3.63) is 44.4 Å². The molecule has 0 spiro atoms. The maximum Gasteiger partial charge on any atom is 0.311 e. The first-order chi connectivity index (χ1) is 10.4. The van der Waals surface area contributed by atoms with Crippen molar-refractivity contribution in [3.8, 4) is 5.75 Å². The van der Waals surface area contributed by atoms with Crippen LogP contribution in [0.15, 0.2) is 23.3 Å². The molecule has 0 atom stereocenters. The van der Waals surface area contributed by atoms with Gasteiger partial charge in [-0.1, -0.05) is 11.3 Å². The number of amides is 1. The van der Waals surface area contributed by atoms with Crippen LogP contribution >= 0.6 is 11.3 Å². The Kier molecular flexibility index (Phi) is 4.32. The Bertz CT molecular complexity index is 771. The fourth-order valence-corrected chi connectivity index (χ4v) is 2.33. The molecule has 22 heavy (non-hydrogen) atoms. The zero-order valence-corrected chi connectivity index (χ0v) is 12.1. The summed E-state index contributed by atoms with van der Waals surface area (Å²) in [6.07, 6.45) is 1.23. The van der Waals surface area contributed by atoms with E-state index in [-0.39, 0.29) is 5.13 Å². The number of phenolic OH excluding ortho intramolecular Hbond substituents is 1. The fourth-order valence-electron chi connectivity index (χ4n) is 1.61. The predicted octanol–water partition coefficient (Wildman–Crippen LogP) is 1.41. The predicted molar refractivity (Wildman–Crippen MR) is 81.1 cm³/mol. The number of nitrogen functional groups attached to an aromatic ring is 1. The number of aromatic nitrogens is 1. The molecular weight excluding hydrogens is 310 g/mol. The van der Waals surface area contributed by atoms with E-state index in [2.05, 4.69) is 15.5 Å². The molecule has 114 valence electrons. The van der Waals surface area contributed by atoms with E-state index in [0.717, 1.165) is 17.4 Å². The summed E-state index contributed by atoms with van der Waals surface area (Å²) in [5, 5.41) is 24.0. The lowest BCUT2D eigenvalue weighted by Gasteiger charge is -1.98. The highest BCUT2D eigenvalue weighted by atomic mass is 32.1. The van der Waals surface area contributed by atoms with Crippen molar-refractivity contribution >= 4 is 34.3 Å². The van der Waals surface area contributed by atoms with Crippen LogP contribution in [0.1, 0.15) is 20.9 Å². The van der Waals surface area contributed by atoms with Crippen molar-refractivity contribution < 1.29 is 14.8 Å². The maximum absolute atomic E-state index is 11.8. The Hall–Kier alpha value is -3.01. The normalized spacial score (nSPS) is 10.8. The number of nitrogens with two attached hydrogens (primary N) is 1. The van der Waals surface area contributed by atoms with E-state index in [1.165, 1.54) is 18.3 Å². The highest BCUT2D eigenvalue weighted by molar-refractivity contribution is 7.17. The van der Waals surface area contributed by atoms with Gasteiger partial charge < -0.3 is 10.8 Å². The molecule has 1 amide bonds. The van der Waals surface area contributed by atoms with E-state index in [1.54, 1.807) is 6.92 Å². The van der Waals surface area contributed by atoms with E-state index < -0.39 is 22.3 Å².